The molecule has 0 spiro atoms. The first-order valence-corrected chi connectivity index (χ1v) is 10.8. The number of ether oxygens (including phenoxy) is 2. The van der Waals surface area contributed by atoms with Gasteiger partial charge in [-0.15, -0.1) is 0 Å². The van der Waals surface area contributed by atoms with Crippen LogP contribution in [0.3, 0.4) is 0 Å². The van der Waals surface area contributed by atoms with E-state index >= 15 is 0 Å². The first kappa shape index (κ1) is 21.1. The molecule has 0 aliphatic carbocycles. The van der Waals surface area contributed by atoms with Crippen molar-refractivity contribution in [2.75, 3.05) is 0 Å². The van der Waals surface area contributed by atoms with Gasteiger partial charge >= 0.3 is 0 Å². The van der Waals surface area contributed by atoms with E-state index in [-0.39, 0.29) is 16.5 Å². The predicted molar refractivity (Wildman–Crippen MR) is 125 cm³/mol. The zero-order chi connectivity index (χ0) is 23.7. The Labute approximate surface area is 191 Å². The molecule has 3 aromatic carbocycles. The number of fused-ring (bicyclic) bond motifs is 4. The summed E-state index contributed by atoms with van der Waals surface area (Å²) in [6.07, 6.45) is 0. The highest BCUT2D eigenvalue weighted by atomic mass is 16.6. The largest absolute Gasteiger partial charge is 0.452 e. The highest BCUT2D eigenvalue weighted by molar-refractivity contribution is 5.65. The van der Waals surface area contributed by atoms with Crippen molar-refractivity contribution >= 4 is 17.1 Å². The van der Waals surface area contributed by atoms with Gasteiger partial charge in [0.2, 0.25) is 0 Å². The zero-order valence-electron chi connectivity index (χ0n) is 19.5. The number of nitro benzene ring substituents is 1. The molecule has 3 aromatic rings. The van der Waals surface area contributed by atoms with Crippen LogP contribution in [0, 0.1) is 10.1 Å². The van der Waals surface area contributed by atoms with Crippen LogP contribution in [-0.4, -0.2) is 4.92 Å². The van der Waals surface area contributed by atoms with E-state index in [1.165, 1.54) is 17.7 Å². The van der Waals surface area contributed by atoms with Gasteiger partial charge in [-0.1, -0.05) is 47.6 Å². The monoisotopic (exact) mass is 443 g/mol. The average molecular weight is 444 g/mol. The first-order chi connectivity index (χ1) is 15.4. The Balaban J connectivity index is 1.69. The van der Waals surface area contributed by atoms with Crippen LogP contribution in [0.5, 0.6) is 23.0 Å². The first-order valence-electron chi connectivity index (χ1n) is 10.8. The number of non-ortho nitro benzene ring substituents is 1. The second-order valence-electron chi connectivity index (χ2n) is 10.5. The van der Waals surface area contributed by atoms with Crippen LogP contribution >= 0.6 is 0 Å². The minimum Gasteiger partial charge on any atom is -0.452 e. The second kappa shape index (κ2) is 6.88. The Kier molecular flexibility index (Phi) is 4.40. The number of rotatable bonds is 1. The van der Waals surface area contributed by atoms with Crippen LogP contribution < -0.4 is 20.2 Å². The molecule has 0 aromatic heterocycles. The smallest absolute Gasteiger partial charge is 0.273 e. The minimum atomic E-state index is -0.453. The molecule has 2 aliphatic heterocycles. The minimum absolute atomic E-state index is 0.0406. The molecule has 0 unspecified atom stereocenters. The van der Waals surface area contributed by atoms with Crippen molar-refractivity contribution in [3.05, 3.63) is 74.4 Å². The van der Waals surface area contributed by atoms with Gasteiger partial charge in [-0.05, 0) is 28.5 Å². The van der Waals surface area contributed by atoms with E-state index in [9.17, 15) is 10.1 Å². The van der Waals surface area contributed by atoms with Crippen molar-refractivity contribution in [3.63, 3.8) is 0 Å². The van der Waals surface area contributed by atoms with Crippen LogP contribution in [-0.2, 0) is 10.8 Å². The maximum Gasteiger partial charge on any atom is 0.273 e. The van der Waals surface area contributed by atoms with Gasteiger partial charge in [-0.3, -0.25) is 10.1 Å². The normalized spacial score (nSPS) is 13.8. The van der Waals surface area contributed by atoms with Gasteiger partial charge in [-0.2, -0.15) is 0 Å². The van der Waals surface area contributed by atoms with Crippen molar-refractivity contribution in [1.29, 1.82) is 0 Å². The molecule has 7 nitrogen and oxygen atoms in total. The number of benzene rings is 3. The van der Waals surface area contributed by atoms with Crippen LogP contribution in [0.2, 0.25) is 0 Å². The average Bonchev–Trinajstić information content (AvgIpc) is 2.72. The van der Waals surface area contributed by atoms with Gasteiger partial charge in [0.1, 0.15) is 22.1 Å². The fraction of sp³-hybridized carbons (Fsp3) is 0.308. The van der Waals surface area contributed by atoms with Gasteiger partial charge in [0.05, 0.1) is 11.0 Å². The van der Waals surface area contributed by atoms with E-state index < -0.39 is 4.92 Å². The molecule has 0 N–H and O–H groups in total. The van der Waals surface area contributed by atoms with Gasteiger partial charge in [0, 0.05) is 23.8 Å². The molecule has 0 atom stereocenters. The van der Waals surface area contributed by atoms with E-state index in [2.05, 4.69) is 58.7 Å². The SMILES string of the molecule is CC(C)(C)c1cc2c(c(C(C)(C)C)c1)Oc1cc3c(cc1=N2)Oc1cc([N+](=O)[O-])ccc1N=3. The topological polar surface area (TPSA) is 86.3 Å². The molecule has 2 aliphatic rings. The van der Waals surface area contributed by atoms with Gasteiger partial charge in [0.25, 0.3) is 5.69 Å². The molecule has 33 heavy (non-hydrogen) atoms. The summed E-state index contributed by atoms with van der Waals surface area (Å²) < 4.78 is 12.4. The molecule has 0 saturated heterocycles. The maximum absolute atomic E-state index is 11.1. The lowest BCUT2D eigenvalue weighted by atomic mass is 9.79. The number of hydrogen-bond donors (Lipinski definition) is 0. The van der Waals surface area contributed by atoms with Crippen LogP contribution in [0.1, 0.15) is 52.7 Å². The molecule has 168 valence electrons. The van der Waals surface area contributed by atoms with E-state index in [4.69, 9.17) is 14.5 Å². The fourth-order valence-corrected chi connectivity index (χ4v) is 3.95. The highest BCUT2D eigenvalue weighted by Crippen LogP contribution is 2.45. The molecular formula is C26H25N3O4. The quantitative estimate of drug-likeness (QED) is 0.225. The number of nitrogens with zero attached hydrogens (tertiary/aromatic N) is 3. The van der Waals surface area contributed by atoms with Crippen molar-refractivity contribution in [1.82, 2.24) is 0 Å². The molecule has 7 heteroatoms. The van der Waals surface area contributed by atoms with Crippen molar-refractivity contribution < 1.29 is 14.4 Å². The van der Waals surface area contributed by atoms with Gasteiger partial charge < -0.3 is 9.47 Å². The molecule has 0 amide bonds. The lowest BCUT2D eigenvalue weighted by Crippen LogP contribution is -2.22. The summed E-state index contributed by atoms with van der Waals surface area (Å²) in [5, 5.41) is 12.4. The fourth-order valence-electron chi connectivity index (χ4n) is 3.95. The van der Waals surface area contributed by atoms with Gasteiger partial charge in [-0.25, -0.2) is 9.98 Å². The zero-order valence-corrected chi connectivity index (χ0v) is 19.5. The summed E-state index contributed by atoms with van der Waals surface area (Å²) in [5.74, 6) is 2.20. The highest BCUT2D eigenvalue weighted by Gasteiger charge is 2.29. The Morgan fingerprint density at radius 3 is 2.00 bits per heavy atom. The summed E-state index contributed by atoms with van der Waals surface area (Å²) in [5.41, 5.74) is 3.39. The summed E-state index contributed by atoms with van der Waals surface area (Å²) in [6.45, 7) is 13.0. The lowest BCUT2D eigenvalue weighted by molar-refractivity contribution is -0.384. The molecule has 0 saturated carbocycles. The van der Waals surface area contributed by atoms with Gasteiger partial charge in [0.15, 0.2) is 23.0 Å². The summed E-state index contributed by atoms with van der Waals surface area (Å²) in [4.78, 5) is 20.2. The predicted octanol–water partition coefficient (Wildman–Crippen LogP) is 6.30. The lowest BCUT2D eigenvalue weighted by Gasteiger charge is -2.29. The van der Waals surface area contributed by atoms with Crippen LogP contribution in [0.4, 0.5) is 17.1 Å². The molecule has 2 heterocycles. The summed E-state index contributed by atoms with van der Waals surface area (Å²) >= 11 is 0. The molecule has 0 fully saturated rings. The Bertz CT molecular complexity index is 1460. The van der Waals surface area contributed by atoms with E-state index in [0.29, 0.717) is 33.7 Å². The number of nitro groups is 1. The molecule has 0 radical (unpaired) electrons. The van der Waals surface area contributed by atoms with E-state index in [0.717, 1.165) is 17.0 Å². The van der Waals surface area contributed by atoms with E-state index in [1.807, 2.05) is 6.07 Å². The Hall–Kier alpha value is -3.74. The third kappa shape index (κ3) is 3.63. The third-order valence-corrected chi connectivity index (χ3v) is 5.85. The van der Waals surface area contributed by atoms with Crippen molar-refractivity contribution in [3.8, 4) is 23.0 Å². The second-order valence-corrected chi connectivity index (χ2v) is 10.5. The standard InChI is InChI=1S/C26H25N3O4/c1-25(2,3)14-9-16(26(4,5)6)24-20(10-14)28-19-12-22-18(13-23(19)33-24)27-17-8-7-15(29(30)31)11-21(17)32-22/h7-13H,1-6H3. The Morgan fingerprint density at radius 2 is 1.39 bits per heavy atom. The molecular weight excluding hydrogens is 418 g/mol. The maximum atomic E-state index is 11.1. The summed E-state index contributed by atoms with van der Waals surface area (Å²) in [7, 11) is 0. The number of hydrogen-bond acceptors (Lipinski definition) is 6. The molecule has 0 bridgehead atoms. The van der Waals surface area contributed by atoms with Crippen LogP contribution in [0.25, 0.3) is 0 Å². The summed E-state index contributed by atoms with van der Waals surface area (Å²) in [6, 6.07) is 12.3. The van der Waals surface area contributed by atoms with Crippen molar-refractivity contribution in [2.45, 2.75) is 52.4 Å². The van der Waals surface area contributed by atoms with Crippen molar-refractivity contribution in [2.24, 2.45) is 9.98 Å². The molecule has 5 rings (SSSR count). The third-order valence-electron chi connectivity index (χ3n) is 5.85. The van der Waals surface area contributed by atoms with Crippen LogP contribution in [0.15, 0.2) is 52.4 Å². The van der Waals surface area contributed by atoms with E-state index in [1.54, 1.807) is 12.1 Å². The Morgan fingerprint density at radius 1 is 0.758 bits per heavy atom.